The van der Waals surface area contributed by atoms with E-state index in [1.807, 2.05) is 11.4 Å². The number of H-pyrrole nitrogens is 1. The van der Waals surface area contributed by atoms with Crippen molar-refractivity contribution in [2.24, 2.45) is 0 Å². The highest BCUT2D eigenvalue weighted by Crippen LogP contribution is 2.42. The van der Waals surface area contributed by atoms with Crippen molar-refractivity contribution in [2.75, 3.05) is 12.3 Å². The van der Waals surface area contributed by atoms with Gasteiger partial charge in [0, 0.05) is 22.8 Å². The summed E-state index contributed by atoms with van der Waals surface area (Å²) >= 11 is 1.70. The van der Waals surface area contributed by atoms with E-state index in [1.165, 1.54) is 4.88 Å². The monoisotopic (exact) mass is 304 g/mol. The summed E-state index contributed by atoms with van der Waals surface area (Å²) < 4.78 is 0. The minimum atomic E-state index is -0.208. The number of nitrogens with zero attached hydrogens (tertiary/aromatic N) is 1. The third kappa shape index (κ3) is 2.81. The molecule has 0 spiro atoms. The quantitative estimate of drug-likeness (QED) is 0.794. The van der Waals surface area contributed by atoms with E-state index in [0.717, 1.165) is 18.5 Å². The number of rotatable bonds is 5. The first-order valence-corrected chi connectivity index (χ1v) is 8.03. The molecule has 0 radical (unpaired) electrons. The average molecular weight is 304 g/mol. The topological polar surface area (TPSA) is 83.8 Å². The zero-order valence-corrected chi connectivity index (χ0v) is 13.1. The van der Waals surface area contributed by atoms with E-state index in [9.17, 15) is 4.79 Å². The lowest BCUT2D eigenvalue weighted by Gasteiger charge is -2.23. The number of carbonyl (C=O) groups is 1. The van der Waals surface area contributed by atoms with Crippen LogP contribution in [-0.4, -0.2) is 22.6 Å². The molecule has 6 heteroatoms. The van der Waals surface area contributed by atoms with E-state index in [-0.39, 0.29) is 11.3 Å². The summed E-state index contributed by atoms with van der Waals surface area (Å²) in [5.74, 6) is 0.252. The second-order valence-electron chi connectivity index (χ2n) is 6.22. The van der Waals surface area contributed by atoms with Crippen LogP contribution in [-0.2, 0) is 5.41 Å². The lowest BCUT2D eigenvalue weighted by Crippen LogP contribution is -2.36. The maximum absolute atomic E-state index is 12.3. The summed E-state index contributed by atoms with van der Waals surface area (Å²) in [4.78, 5) is 13.5. The Balaban J connectivity index is 1.67. The van der Waals surface area contributed by atoms with Gasteiger partial charge in [-0.25, -0.2) is 0 Å². The molecule has 0 aliphatic heterocycles. The number of nitrogens with two attached hydrogens (primary N) is 1. The summed E-state index contributed by atoms with van der Waals surface area (Å²) in [6.45, 7) is 4.78. The Kier molecular flexibility index (Phi) is 3.49. The molecule has 0 saturated heterocycles. The minimum absolute atomic E-state index is 0.103. The lowest BCUT2D eigenvalue weighted by atomic mass is 9.91. The number of hydrogen-bond donors (Lipinski definition) is 3. The molecule has 1 amide bonds. The molecule has 2 aromatic heterocycles. The Morgan fingerprint density at radius 3 is 2.95 bits per heavy atom. The predicted molar refractivity (Wildman–Crippen MR) is 84.7 cm³/mol. The predicted octanol–water partition coefficient (Wildman–Crippen LogP) is 2.64. The second kappa shape index (κ2) is 5.18. The normalized spacial score (nSPS) is 15.1. The standard InChI is InChI=1S/C15H20N4OS/c1-15(2,10-4-3-7-21-10)8-17-14(20)13-11(16)12(18-19-13)9-5-6-9/h3-4,7,9H,5-6,8,16H2,1-2H3,(H,17,20)(H,18,19). The number of nitrogens with one attached hydrogen (secondary N) is 2. The van der Waals surface area contributed by atoms with E-state index in [0.29, 0.717) is 23.8 Å². The van der Waals surface area contributed by atoms with Gasteiger partial charge >= 0.3 is 0 Å². The molecule has 1 fully saturated rings. The number of nitrogen functional groups attached to an aromatic ring is 1. The Morgan fingerprint density at radius 1 is 1.57 bits per heavy atom. The molecule has 0 aromatic carbocycles. The smallest absolute Gasteiger partial charge is 0.273 e. The van der Waals surface area contributed by atoms with Gasteiger partial charge in [-0.2, -0.15) is 5.10 Å². The van der Waals surface area contributed by atoms with Crippen LogP contribution in [0, 0.1) is 0 Å². The van der Waals surface area contributed by atoms with E-state index in [4.69, 9.17) is 5.73 Å². The second-order valence-corrected chi connectivity index (χ2v) is 7.17. The molecule has 5 nitrogen and oxygen atoms in total. The molecule has 4 N–H and O–H groups in total. The Morgan fingerprint density at radius 2 is 2.33 bits per heavy atom. The zero-order valence-electron chi connectivity index (χ0n) is 12.3. The van der Waals surface area contributed by atoms with Gasteiger partial charge in [-0.05, 0) is 24.3 Å². The average Bonchev–Trinajstić information content (AvgIpc) is 2.99. The van der Waals surface area contributed by atoms with Gasteiger partial charge in [-0.1, -0.05) is 19.9 Å². The summed E-state index contributed by atoms with van der Waals surface area (Å²) in [7, 11) is 0. The number of aromatic nitrogens is 2. The van der Waals surface area contributed by atoms with Gasteiger partial charge in [-0.15, -0.1) is 11.3 Å². The fourth-order valence-corrected chi connectivity index (χ4v) is 3.21. The molecule has 1 saturated carbocycles. The molecule has 112 valence electrons. The number of hydrogen-bond acceptors (Lipinski definition) is 4. The highest BCUT2D eigenvalue weighted by molar-refractivity contribution is 7.10. The highest BCUT2D eigenvalue weighted by atomic mass is 32.1. The third-order valence-corrected chi connectivity index (χ3v) is 5.15. The van der Waals surface area contributed by atoms with Crippen molar-refractivity contribution in [1.29, 1.82) is 0 Å². The molecule has 1 aliphatic carbocycles. The Labute approximate surface area is 127 Å². The van der Waals surface area contributed by atoms with Crippen LogP contribution in [0.3, 0.4) is 0 Å². The van der Waals surface area contributed by atoms with Crippen LogP contribution in [0.1, 0.15) is 53.7 Å². The Bertz CT molecular complexity index is 641. The van der Waals surface area contributed by atoms with Crippen molar-refractivity contribution in [3.05, 3.63) is 33.8 Å². The van der Waals surface area contributed by atoms with E-state index >= 15 is 0 Å². The maximum atomic E-state index is 12.3. The molecular formula is C15H20N4OS. The molecule has 0 unspecified atom stereocenters. The summed E-state index contributed by atoms with van der Waals surface area (Å²) in [6, 6.07) is 4.11. The summed E-state index contributed by atoms with van der Waals surface area (Å²) in [6.07, 6.45) is 2.25. The minimum Gasteiger partial charge on any atom is -0.395 e. The van der Waals surface area contributed by atoms with E-state index < -0.39 is 0 Å². The SMILES string of the molecule is CC(C)(CNC(=O)c1n[nH]c(C2CC2)c1N)c1cccs1. The molecule has 2 heterocycles. The van der Waals surface area contributed by atoms with Crippen molar-refractivity contribution >= 4 is 22.9 Å². The van der Waals surface area contributed by atoms with Gasteiger partial charge in [0.2, 0.25) is 0 Å². The van der Waals surface area contributed by atoms with Crippen molar-refractivity contribution in [1.82, 2.24) is 15.5 Å². The largest absolute Gasteiger partial charge is 0.395 e. The molecular weight excluding hydrogens is 284 g/mol. The van der Waals surface area contributed by atoms with Crippen LogP contribution in [0.15, 0.2) is 17.5 Å². The number of anilines is 1. The van der Waals surface area contributed by atoms with Crippen LogP contribution >= 0.6 is 11.3 Å². The number of thiophene rings is 1. The van der Waals surface area contributed by atoms with E-state index in [1.54, 1.807) is 11.3 Å². The highest BCUT2D eigenvalue weighted by Gasteiger charge is 2.31. The maximum Gasteiger partial charge on any atom is 0.273 e. The van der Waals surface area contributed by atoms with Crippen LogP contribution in [0.5, 0.6) is 0 Å². The third-order valence-electron chi connectivity index (χ3n) is 3.91. The number of aromatic amines is 1. The number of carbonyl (C=O) groups excluding carboxylic acids is 1. The van der Waals surface area contributed by atoms with Gasteiger partial charge in [0.1, 0.15) is 0 Å². The van der Waals surface area contributed by atoms with E-state index in [2.05, 4.69) is 35.4 Å². The fourth-order valence-electron chi connectivity index (χ4n) is 2.36. The van der Waals surface area contributed by atoms with Gasteiger partial charge in [0.05, 0.1) is 11.4 Å². The lowest BCUT2D eigenvalue weighted by molar-refractivity contribution is 0.0942. The first-order chi connectivity index (χ1) is 9.99. The van der Waals surface area contributed by atoms with Crippen LogP contribution in [0.25, 0.3) is 0 Å². The van der Waals surface area contributed by atoms with Crippen LogP contribution in [0.2, 0.25) is 0 Å². The summed E-state index contributed by atoms with van der Waals surface area (Å²) in [5, 5.41) is 12.0. The molecule has 0 bridgehead atoms. The van der Waals surface area contributed by atoms with Crippen LogP contribution in [0.4, 0.5) is 5.69 Å². The fraction of sp³-hybridized carbons (Fsp3) is 0.467. The van der Waals surface area contributed by atoms with Gasteiger partial charge in [0.25, 0.3) is 5.91 Å². The van der Waals surface area contributed by atoms with Gasteiger partial charge in [-0.3, -0.25) is 9.89 Å². The first-order valence-electron chi connectivity index (χ1n) is 7.15. The molecule has 2 aromatic rings. The van der Waals surface area contributed by atoms with Gasteiger partial charge in [0.15, 0.2) is 5.69 Å². The number of amides is 1. The first kappa shape index (κ1) is 14.1. The van der Waals surface area contributed by atoms with Crippen molar-refractivity contribution < 1.29 is 4.79 Å². The van der Waals surface area contributed by atoms with Crippen molar-refractivity contribution in [3.8, 4) is 0 Å². The zero-order chi connectivity index (χ0) is 15.0. The van der Waals surface area contributed by atoms with Crippen molar-refractivity contribution in [2.45, 2.75) is 38.0 Å². The molecule has 0 atom stereocenters. The molecule has 3 rings (SSSR count). The van der Waals surface area contributed by atoms with Gasteiger partial charge < -0.3 is 11.1 Å². The van der Waals surface area contributed by atoms with Crippen LogP contribution < -0.4 is 11.1 Å². The molecule has 1 aliphatic rings. The van der Waals surface area contributed by atoms with Crippen molar-refractivity contribution in [3.63, 3.8) is 0 Å². The molecule has 21 heavy (non-hydrogen) atoms. The summed E-state index contributed by atoms with van der Waals surface area (Å²) in [5.41, 5.74) is 7.66. The Hall–Kier alpha value is -1.82.